The molecule has 1 aliphatic heterocycles. The molecule has 6 heteroatoms. The second-order valence-electron chi connectivity index (χ2n) is 4.76. The summed E-state index contributed by atoms with van der Waals surface area (Å²) < 4.78 is 27.2. The van der Waals surface area contributed by atoms with E-state index in [2.05, 4.69) is 21.2 Å². The lowest BCUT2D eigenvalue weighted by Gasteiger charge is -2.15. The minimum Gasteiger partial charge on any atom is -0.325 e. The predicted molar refractivity (Wildman–Crippen MR) is 80.9 cm³/mol. The fourth-order valence-corrected chi connectivity index (χ4v) is 3.48. The van der Waals surface area contributed by atoms with Crippen LogP contribution in [-0.4, -0.2) is 5.91 Å². The van der Waals surface area contributed by atoms with Crippen molar-refractivity contribution in [3.05, 3.63) is 63.7 Å². The van der Waals surface area contributed by atoms with Gasteiger partial charge in [0.25, 0.3) is 0 Å². The van der Waals surface area contributed by atoms with E-state index >= 15 is 0 Å². The van der Waals surface area contributed by atoms with E-state index in [0.29, 0.717) is 16.3 Å². The van der Waals surface area contributed by atoms with Crippen molar-refractivity contribution >= 4 is 39.1 Å². The molecule has 2 nitrogen and oxygen atoms in total. The highest BCUT2D eigenvalue weighted by Crippen LogP contribution is 2.40. The van der Waals surface area contributed by atoms with Crippen LogP contribution in [0.25, 0.3) is 0 Å². The second kappa shape index (κ2) is 5.39. The molecule has 1 N–H and O–H groups in total. The number of hydrogen-bond acceptors (Lipinski definition) is 1. The average Bonchev–Trinajstić information content (AvgIpc) is 2.79. The lowest BCUT2D eigenvalue weighted by Crippen LogP contribution is -2.03. The summed E-state index contributed by atoms with van der Waals surface area (Å²) in [6.07, 6.45) is 0.255. The highest BCUT2D eigenvalue weighted by Gasteiger charge is 2.24. The van der Waals surface area contributed by atoms with Gasteiger partial charge in [0.15, 0.2) is 11.6 Å². The molecule has 0 spiro atoms. The molecule has 2 aromatic rings. The molecule has 0 saturated carbocycles. The highest BCUT2D eigenvalue weighted by molar-refractivity contribution is 9.09. The first-order valence-electron chi connectivity index (χ1n) is 6.17. The van der Waals surface area contributed by atoms with E-state index in [9.17, 15) is 13.6 Å². The number of alkyl halides is 1. The summed E-state index contributed by atoms with van der Waals surface area (Å²) in [5.74, 6) is -1.93. The Hall–Kier alpha value is -1.46. The Labute approximate surface area is 133 Å². The van der Waals surface area contributed by atoms with Gasteiger partial charge >= 0.3 is 0 Å². The average molecular weight is 373 g/mol. The molecule has 1 unspecified atom stereocenters. The maximum Gasteiger partial charge on any atom is 0.228 e. The lowest BCUT2D eigenvalue weighted by atomic mass is 10.0. The SMILES string of the molecule is O=C1Cc2cc(C(Br)c3cccc(F)c3F)c(Cl)cc2N1. The molecule has 0 fully saturated rings. The molecule has 1 aliphatic rings. The Balaban J connectivity index is 2.06. The van der Waals surface area contributed by atoms with Crippen molar-refractivity contribution in [3.63, 3.8) is 0 Å². The molecule has 1 amide bonds. The van der Waals surface area contributed by atoms with Gasteiger partial charge in [-0.2, -0.15) is 0 Å². The van der Waals surface area contributed by atoms with Crippen LogP contribution in [0.4, 0.5) is 14.5 Å². The predicted octanol–water partition coefficient (Wildman–Crippen LogP) is 4.60. The maximum atomic E-state index is 13.9. The van der Waals surface area contributed by atoms with Gasteiger partial charge in [-0.15, -0.1) is 0 Å². The zero-order valence-electron chi connectivity index (χ0n) is 10.6. The molecule has 0 aromatic heterocycles. The number of halogens is 4. The van der Waals surface area contributed by atoms with Crippen LogP contribution in [0.15, 0.2) is 30.3 Å². The number of hydrogen-bond donors (Lipinski definition) is 1. The summed E-state index contributed by atoms with van der Waals surface area (Å²) in [6, 6.07) is 7.35. The van der Waals surface area contributed by atoms with Crippen LogP contribution in [0.5, 0.6) is 0 Å². The summed E-state index contributed by atoms with van der Waals surface area (Å²) in [6.45, 7) is 0. The Kier molecular flexibility index (Phi) is 3.71. The highest BCUT2D eigenvalue weighted by atomic mass is 79.9. The summed E-state index contributed by atoms with van der Waals surface area (Å²) in [7, 11) is 0. The molecule has 0 bridgehead atoms. The second-order valence-corrected chi connectivity index (χ2v) is 6.08. The van der Waals surface area contributed by atoms with Crippen molar-refractivity contribution in [2.45, 2.75) is 11.2 Å². The van der Waals surface area contributed by atoms with Crippen LogP contribution in [0.2, 0.25) is 5.02 Å². The maximum absolute atomic E-state index is 13.9. The molecular formula is C15H9BrClF2NO. The Morgan fingerprint density at radius 2 is 2.00 bits per heavy atom. The van der Waals surface area contributed by atoms with Crippen molar-refractivity contribution < 1.29 is 13.6 Å². The van der Waals surface area contributed by atoms with Crippen molar-refractivity contribution in [2.24, 2.45) is 0 Å². The van der Waals surface area contributed by atoms with E-state index in [1.165, 1.54) is 12.1 Å². The van der Waals surface area contributed by atoms with Gasteiger partial charge < -0.3 is 5.32 Å². The molecule has 0 saturated heterocycles. The summed E-state index contributed by atoms with van der Waals surface area (Å²) in [5.41, 5.74) is 2.21. The van der Waals surface area contributed by atoms with Gasteiger partial charge in [0.2, 0.25) is 5.91 Å². The van der Waals surface area contributed by atoms with Crippen LogP contribution in [0.3, 0.4) is 0 Å². The monoisotopic (exact) mass is 371 g/mol. The van der Waals surface area contributed by atoms with Gasteiger partial charge in [-0.05, 0) is 23.3 Å². The topological polar surface area (TPSA) is 29.1 Å². The van der Waals surface area contributed by atoms with Crippen LogP contribution in [0.1, 0.15) is 21.5 Å². The summed E-state index contributed by atoms with van der Waals surface area (Å²) in [5, 5.41) is 3.07. The van der Waals surface area contributed by atoms with Gasteiger partial charge in [0.1, 0.15) is 0 Å². The van der Waals surface area contributed by atoms with Gasteiger partial charge in [-0.1, -0.05) is 45.7 Å². The van der Waals surface area contributed by atoms with Crippen LogP contribution in [-0.2, 0) is 11.2 Å². The molecular weight excluding hydrogens is 364 g/mol. The number of carbonyl (C=O) groups excluding carboxylic acids is 1. The van der Waals surface area contributed by atoms with Gasteiger partial charge in [-0.25, -0.2) is 8.78 Å². The Bertz CT molecular complexity index is 751. The fourth-order valence-electron chi connectivity index (χ4n) is 2.35. The third-order valence-electron chi connectivity index (χ3n) is 3.38. The van der Waals surface area contributed by atoms with Gasteiger partial charge in [-0.3, -0.25) is 4.79 Å². The molecule has 21 heavy (non-hydrogen) atoms. The van der Waals surface area contributed by atoms with Crippen molar-refractivity contribution in [3.8, 4) is 0 Å². The minimum absolute atomic E-state index is 0.110. The third-order valence-corrected chi connectivity index (χ3v) is 4.69. The quantitative estimate of drug-likeness (QED) is 0.767. The molecule has 0 radical (unpaired) electrons. The molecule has 1 atom stereocenters. The number of amides is 1. The molecule has 108 valence electrons. The molecule has 0 aliphatic carbocycles. The zero-order valence-corrected chi connectivity index (χ0v) is 12.9. The van der Waals surface area contributed by atoms with E-state index in [-0.39, 0.29) is 17.9 Å². The standard InChI is InChI=1S/C15H9BrClF2NO/c16-14(8-2-1-3-11(18)15(8)19)9-4-7-5-13(21)20-12(7)6-10(9)17/h1-4,6,14H,5H2,(H,20,21). The number of benzene rings is 2. The largest absolute Gasteiger partial charge is 0.325 e. The number of carbonyl (C=O) groups is 1. The summed E-state index contributed by atoms with van der Waals surface area (Å²) in [4.78, 5) is 10.8. The van der Waals surface area contributed by atoms with Gasteiger partial charge in [0, 0.05) is 16.3 Å². The zero-order chi connectivity index (χ0) is 15.1. The number of fused-ring (bicyclic) bond motifs is 1. The van der Waals surface area contributed by atoms with Crippen LogP contribution in [0, 0.1) is 11.6 Å². The van der Waals surface area contributed by atoms with E-state index < -0.39 is 16.5 Å². The smallest absolute Gasteiger partial charge is 0.228 e. The fraction of sp³-hybridized carbons (Fsp3) is 0.133. The number of nitrogens with one attached hydrogen (secondary N) is 1. The Morgan fingerprint density at radius 3 is 2.76 bits per heavy atom. The van der Waals surface area contributed by atoms with Crippen molar-refractivity contribution in [2.75, 3.05) is 5.32 Å². The minimum atomic E-state index is -0.912. The Morgan fingerprint density at radius 1 is 1.24 bits per heavy atom. The first-order valence-corrected chi connectivity index (χ1v) is 7.47. The van der Waals surface area contributed by atoms with E-state index in [1.807, 2.05) is 0 Å². The molecule has 2 aromatic carbocycles. The van der Waals surface area contributed by atoms with E-state index in [0.717, 1.165) is 11.6 Å². The lowest BCUT2D eigenvalue weighted by molar-refractivity contribution is -0.115. The molecule has 1 heterocycles. The van der Waals surface area contributed by atoms with E-state index in [4.69, 9.17) is 11.6 Å². The third kappa shape index (κ3) is 2.56. The number of anilines is 1. The molecule has 3 rings (SSSR count). The first-order chi connectivity index (χ1) is 9.97. The number of rotatable bonds is 2. The normalized spacial score (nSPS) is 14.8. The van der Waals surface area contributed by atoms with Gasteiger partial charge in [0.05, 0.1) is 11.2 Å². The van der Waals surface area contributed by atoms with Crippen LogP contribution < -0.4 is 5.32 Å². The van der Waals surface area contributed by atoms with Crippen molar-refractivity contribution in [1.29, 1.82) is 0 Å². The van der Waals surface area contributed by atoms with Crippen molar-refractivity contribution in [1.82, 2.24) is 0 Å². The summed E-state index contributed by atoms with van der Waals surface area (Å²) >= 11 is 9.55. The van der Waals surface area contributed by atoms with Crippen LogP contribution >= 0.6 is 27.5 Å². The van der Waals surface area contributed by atoms with E-state index in [1.54, 1.807) is 12.1 Å². The first kappa shape index (κ1) is 14.5.